The van der Waals surface area contributed by atoms with Crippen molar-refractivity contribution in [2.24, 2.45) is 4.99 Å². The minimum atomic E-state index is -0.398. The number of aliphatic imine (C=N–C) groups is 1. The van der Waals surface area contributed by atoms with Crippen LogP contribution < -0.4 is 5.32 Å². The molecule has 18 heavy (non-hydrogen) atoms. The molecule has 4 nitrogen and oxygen atoms in total. The molecule has 0 aromatic heterocycles. The molecule has 5 heteroatoms. The van der Waals surface area contributed by atoms with Crippen LogP contribution in [0.5, 0.6) is 0 Å². The highest BCUT2D eigenvalue weighted by Gasteiger charge is 1.99. The van der Waals surface area contributed by atoms with Crippen molar-refractivity contribution in [2.75, 3.05) is 19.0 Å². The minimum absolute atomic E-state index is 0.340. The Kier molecular flexibility index (Phi) is 6.83. The van der Waals surface area contributed by atoms with Gasteiger partial charge in [0.2, 0.25) is 0 Å². The van der Waals surface area contributed by atoms with E-state index in [2.05, 4.69) is 23.6 Å². The molecule has 1 N–H and O–H groups in total. The third-order valence-electron chi connectivity index (χ3n) is 2.06. The number of benzene rings is 1. The highest BCUT2D eigenvalue weighted by Crippen LogP contribution is 2.27. The van der Waals surface area contributed by atoms with Crippen molar-refractivity contribution >= 4 is 30.1 Å². The molecule has 0 heterocycles. The fourth-order valence-corrected chi connectivity index (χ4v) is 2.05. The van der Waals surface area contributed by atoms with Gasteiger partial charge in [0.25, 0.3) is 0 Å². The Morgan fingerprint density at radius 1 is 1.50 bits per heavy atom. The first-order valence-corrected chi connectivity index (χ1v) is 6.45. The molecule has 0 aliphatic rings. The molecule has 0 radical (unpaired) electrons. The molecular formula is C13H16N2O2S. The molecule has 0 aliphatic heterocycles. The van der Waals surface area contributed by atoms with E-state index in [1.54, 1.807) is 11.8 Å². The summed E-state index contributed by atoms with van der Waals surface area (Å²) in [6, 6.07) is 7.80. The molecule has 0 fully saturated rings. The number of thioether (sulfide) groups is 1. The third-order valence-corrected chi connectivity index (χ3v) is 3.06. The molecule has 1 rings (SSSR count). The minimum Gasteiger partial charge on any atom is -0.461 e. The largest absolute Gasteiger partial charge is 0.461 e. The van der Waals surface area contributed by atoms with Gasteiger partial charge in [0.05, 0.1) is 5.69 Å². The number of ether oxygens (including phenoxy) is 1. The Morgan fingerprint density at radius 3 is 3.00 bits per heavy atom. The number of carbonyl (C=O) groups excluding carboxylic acids is 1. The standard InChI is InChI=1S/C13H16N2O2S/c1-3-13(16)17-9-8-15-10-18-12-7-5-4-6-11(12)14-2/h3-7,15H,1-2,8-10H2. The van der Waals surface area contributed by atoms with Gasteiger partial charge in [-0.3, -0.25) is 4.99 Å². The van der Waals surface area contributed by atoms with E-state index in [9.17, 15) is 4.79 Å². The van der Waals surface area contributed by atoms with E-state index < -0.39 is 5.97 Å². The van der Waals surface area contributed by atoms with Crippen molar-refractivity contribution in [3.8, 4) is 0 Å². The summed E-state index contributed by atoms with van der Waals surface area (Å²) >= 11 is 1.63. The molecule has 0 saturated heterocycles. The van der Waals surface area contributed by atoms with Gasteiger partial charge in [0.1, 0.15) is 6.61 Å². The van der Waals surface area contributed by atoms with Crippen LogP contribution in [-0.4, -0.2) is 31.7 Å². The smallest absolute Gasteiger partial charge is 0.330 e. The summed E-state index contributed by atoms with van der Waals surface area (Å²) in [5, 5.41) is 3.15. The van der Waals surface area contributed by atoms with Gasteiger partial charge in [-0.05, 0) is 18.9 Å². The summed E-state index contributed by atoms with van der Waals surface area (Å²) in [5.41, 5.74) is 0.877. The number of carbonyl (C=O) groups is 1. The van der Waals surface area contributed by atoms with Gasteiger partial charge in [-0.1, -0.05) is 18.7 Å². The van der Waals surface area contributed by atoms with E-state index in [1.165, 1.54) is 0 Å². The van der Waals surface area contributed by atoms with Crippen LogP contribution >= 0.6 is 11.8 Å². The summed E-state index contributed by atoms with van der Waals surface area (Å²) in [6.07, 6.45) is 1.15. The fourth-order valence-electron chi connectivity index (χ4n) is 1.19. The van der Waals surface area contributed by atoms with Crippen LogP contribution in [0.4, 0.5) is 5.69 Å². The maximum Gasteiger partial charge on any atom is 0.330 e. The second-order valence-corrected chi connectivity index (χ2v) is 4.30. The van der Waals surface area contributed by atoms with E-state index in [-0.39, 0.29) is 0 Å². The van der Waals surface area contributed by atoms with Crippen molar-refractivity contribution < 1.29 is 9.53 Å². The van der Waals surface area contributed by atoms with Gasteiger partial charge in [-0.15, -0.1) is 11.8 Å². The quantitative estimate of drug-likeness (QED) is 0.196. The van der Waals surface area contributed by atoms with Crippen molar-refractivity contribution in [3.63, 3.8) is 0 Å². The van der Waals surface area contributed by atoms with Crippen molar-refractivity contribution in [3.05, 3.63) is 36.9 Å². The zero-order chi connectivity index (χ0) is 13.2. The second-order valence-electron chi connectivity index (χ2n) is 3.29. The normalized spacial score (nSPS) is 9.78. The molecule has 0 aliphatic carbocycles. The van der Waals surface area contributed by atoms with E-state index in [4.69, 9.17) is 4.74 Å². The average Bonchev–Trinajstić information content (AvgIpc) is 2.42. The lowest BCUT2D eigenvalue weighted by Crippen LogP contribution is -2.20. The summed E-state index contributed by atoms with van der Waals surface area (Å²) < 4.78 is 4.83. The van der Waals surface area contributed by atoms with E-state index in [0.717, 1.165) is 22.5 Å². The number of hydrogen-bond donors (Lipinski definition) is 1. The Morgan fingerprint density at radius 2 is 2.28 bits per heavy atom. The van der Waals surface area contributed by atoms with Crippen molar-refractivity contribution in [1.82, 2.24) is 5.32 Å². The van der Waals surface area contributed by atoms with Crippen LogP contribution in [0, 0.1) is 0 Å². The Balaban J connectivity index is 2.19. The van der Waals surface area contributed by atoms with E-state index >= 15 is 0 Å². The zero-order valence-corrected chi connectivity index (χ0v) is 10.9. The fraction of sp³-hybridized carbons (Fsp3) is 0.231. The van der Waals surface area contributed by atoms with E-state index in [1.807, 2.05) is 24.3 Å². The number of nitrogens with zero attached hydrogens (tertiary/aromatic N) is 1. The topological polar surface area (TPSA) is 50.7 Å². The Labute approximate surface area is 111 Å². The lowest BCUT2D eigenvalue weighted by atomic mass is 10.3. The number of rotatable bonds is 8. The Hall–Kier alpha value is -1.59. The summed E-state index contributed by atoms with van der Waals surface area (Å²) in [5.74, 6) is 0.323. The molecule has 0 amide bonds. The molecule has 1 aromatic carbocycles. The summed E-state index contributed by atoms with van der Waals surface area (Å²) in [6.45, 7) is 7.79. The lowest BCUT2D eigenvalue weighted by molar-refractivity contribution is -0.137. The molecule has 1 aromatic rings. The van der Waals surface area contributed by atoms with Crippen LogP contribution in [0.2, 0.25) is 0 Å². The van der Waals surface area contributed by atoms with Gasteiger partial charge in [0.15, 0.2) is 0 Å². The molecule has 96 valence electrons. The van der Waals surface area contributed by atoms with Crippen LogP contribution in [0.3, 0.4) is 0 Å². The van der Waals surface area contributed by atoms with Crippen LogP contribution in [0.1, 0.15) is 0 Å². The van der Waals surface area contributed by atoms with Gasteiger partial charge >= 0.3 is 5.97 Å². The first-order chi connectivity index (χ1) is 8.77. The highest BCUT2D eigenvalue weighted by molar-refractivity contribution is 7.99. The molecule has 0 unspecified atom stereocenters. The second kappa shape index (κ2) is 8.49. The van der Waals surface area contributed by atoms with Crippen LogP contribution in [0.25, 0.3) is 0 Å². The zero-order valence-electron chi connectivity index (χ0n) is 10.1. The molecule has 0 atom stereocenters. The number of nitrogens with one attached hydrogen (secondary N) is 1. The molecule has 0 saturated carbocycles. The third kappa shape index (κ3) is 5.16. The molecular weight excluding hydrogens is 248 g/mol. The monoisotopic (exact) mass is 264 g/mol. The van der Waals surface area contributed by atoms with Crippen LogP contribution in [-0.2, 0) is 9.53 Å². The number of esters is 1. The SMILES string of the molecule is C=CC(=O)OCCNCSc1ccccc1N=C. The average molecular weight is 264 g/mol. The molecule has 0 spiro atoms. The predicted molar refractivity (Wildman–Crippen MR) is 75.5 cm³/mol. The number of hydrogen-bond acceptors (Lipinski definition) is 5. The Bertz CT molecular complexity index is 421. The van der Waals surface area contributed by atoms with Crippen molar-refractivity contribution in [2.45, 2.75) is 4.90 Å². The highest BCUT2D eigenvalue weighted by atomic mass is 32.2. The van der Waals surface area contributed by atoms with Crippen molar-refractivity contribution in [1.29, 1.82) is 0 Å². The van der Waals surface area contributed by atoms with Gasteiger partial charge < -0.3 is 10.1 Å². The van der Waals surface area contributed by atoms with Crippen LogP contribution in [0.15, 0.2) is 46.8 Å². The maximum absolute atomic E-state index is 10.8. The lowest BCUT2D eigenvalue weighted by Gasteiger charge is -2.06. The first-order valence-electron chi connectivity index (χ1n) is 5.46. The van der Waals surface area contributed by atoms with Gasteiger partial charge in [-0.2, -0.15) is 0 Å². The van der Waals surface area contributed by atoms with Gasteiger partial charge in [-0.25, -0.2) is 4.79 Å². The summed E-state index contributed by atoms with van der Waals surface area (Å²) in [4.78, 5) is 15.8. The maximum atomic E-state index is 10.8. The predicted octanol–water partition coefficient (Wildman–Crippen LogP) is 2.39. The number of para-hydroxylation sites is 1. The molecule has 0 bridgehead atoms. The summed E-state index contributed by atoms with van der Waals surface area (Å²) in [7, 11) is 0. The van der Waals surface area contributed by atoms with E-state index in [0.29, 0.717) is 13.2 Å². The van der Waals surface area contributed by atoms with Gasteiger partial charge in [0, 0.05) is 23.4 Å². The first kappa shape index (κ1) is 14.5.